The molecule has 5 nitrogen and oxygen atoms in total. The lowest BCUT2D eigenvalue weighted by atomic mass is 10.0. The van der Waals surface area contributed by atoms with Crippen molar-refractivity contribution >= 4 is 18.3 Å². The number of aldehydes is 1. The summed E-state index contributed by atoms with van der Waals surface area (Å²) < 4.78 is 16.7. The van der Waals surface area contributed by atoms with E-state index in [1.54, 1.807) is 39.4 Å². The van der Waals surface area contributed by atoms with Gasteiger partial charge in [0.05, 0.1) is 13.4 Å². The first-order valence-corrected chi connectivity index (χ1v) is 10.4. The first-order chi connectivity index (χ1) is 15.6. The molecule has 0 amide bonds. The number of hydrogen-bond donors (Lipinski definition) is 0. The second-order valence-electron chi connectivity index (χ2n) is 7.56. The molecular formula is C28H32O5. The van der Waals surface area contributed by atoms with Gasteiger partial charge in [0.15, 0.2) is 0 Å². The Morgan fingerprint density at radius 3 is 2.03 bits per heavy atom. The van der Waals surface area contributed by atoms with Crippen LogP contribution in [0, 0.1) is 0 Å². The van der Waals surface area contributed by atoms with Crippen molar-refractivity contribution in [3.63, 3.8) is 0 Å². The number of allylic oxidation sites excluding steroid dienone is 3. The van der Waals surface area contributed by atoms with Crippen molar-refractivity contribution in [2.75, 3.05) is 7.11 Å². The zero-order chi connectivity index (χ0) is 25.0. The maximum atomic E-state index is 11.7. The highest BCUT2D eigenvalue weighted by Gasteiger charge is 2.13. The summed E-state index contributed by atoms with van der Waals surface area (Å²) in [5, 5.41) is 0. The highest BCUT2D eigenvalue weighted by molar-refractivity contribution is 5.89. The fraction of sp³-hybridized carbons (Fsp3) is 0.214. The molecule has 0 saturated heterocycles. The van der Waals surface area contributed by atoms with Crippen molar-refractivity contribution in [2.24, 2.45) is 0 Å². The van der Waals surface area contributed by atoms with Gasteiger partial charge in [-0.15, -0.1) is 0 Å². The van der Waals surface area contributed by atoms with Crippen molar-refractivity contribution < 1.29 is 23.8 Å². The minimum Gasteiger partial charge on any atom is -0.496 e. The molecule has 0 saturated carbocycles. The van der Waals surface area contributed by atoms with Gasteiger partial charge in [-0.05, 0) is 75.6 Å². The van der Waals surface area contributed by atoms with Crippen LogP contribution in [0.3, 0.4) is 0 Å². The molecule has 0 aliphatic rings. The molecule has 0 heterocycles. The minimum atomic E-state index is -0.446. The molecule has 2 aromatic carbocycles. The van der Waals surface area contributed by atoms with Gasteiger partial charge in [-0.3, -0.25) is 4.79 Å². The molecular weight excluding hydrogens is 416 g/mol. The van der Waals surface area contributed by atoms with Gasteiger partial charge in [-0.1, -0.05) is 37.4 Å². The standard InChI is InChI=1S/C24H26O4.C4H6O/c1-7-8-19-13-23(26-6)21(14-22(19)27-15-16(2)3)18-9-11-20(12-10-18)28-24(25)17(4)5;1-4(2)3-5/h7-15H,4H2,1-3,5-6H3;3H,1H2,2H3/b8-7+;. The summed E-state index contributed by atoms with van der Waals surface area (Å²) in [6, 6.07) is 11.1. The fourth-order valence-electron chi connectivity index (χ4n) is 2.46. The summed E-state index contributed by atoms with van der Waals surface area (Å²) in [4.78, 5) is 21.1. The lowest BCUT2D eigenvalue weighted by Crippen LogP contribution is -2.07. The molecule has 33 heavy (non-hydrogen) atoms. The van der Waals surface area contributed by atoms with Crippen molar-refractivity contribution in [1.82, 2.24) is 0 Å². The van der Waals surface area contributed by atoms with Gasteiger partial charge in [-0.2, -0.15) is 0 Å². The Morgan fingerprint density at radius 2 is 1.58 bits per heavy atom. The Labute approximate surface area is 196 Å². The molecule has 0 aromatic heterocycles. The van der Waals surface area contributed by atoms with Gasteiger partial charge in [0.25, 0.3) is 0 Å². The maximum absolute atomic E-state index is 11.7. The van der Waals surface area contributed by atoms with E-state index in [0.29, 0.717) is 16.9 Å². The highest BCUT2D eigenvalue weighted by Crippen LogP contribution is 2.37. The van der Waals surface area contributed by atoms with Crippen LogP contribution >= 0.6 is 0 Å². The van der Waals surface area contributed by atoms with Crippen molar-refractivity contribution in [2.45, 2.75) is 34.6 Å². The third kappa shape index (κ3) is 9.03. The molecule has 0 N–H and O–H groups in total. The summed E-state index contributed by atoms with van der Waals surface area (Å²) in [6.45, 7) is 16.1. The first-order valence-electron chi connectivity index (χ1n) is 10.4. The van der Waals surface area contributed by atoms with Crippen molar-refractivity contribution in [3.8, 4) is 28.4 Å². The SMILES string of the molecule is C=C(C)C(=O)Oc1ccc(-c2cc(OC=C(C)C)c(/C=C/C)cc2OC)cc1.C=C(C)C=O. The predicted octanol–water partition coefficient (Wildman–Crippen LogP) is 6.94. The van der Waals surface area contributed by atoms with Crippen molar-refractivity contribution in [3.05, 3.63) is 84.2 Å². The van der Waals surface area contributed by atoms with Crippen LogP contribution in [0.2, 0.25) is 0 Å². The van der Waals surface area contributed by atoms with E-state index in [1.165, 1.54) is 0 Å². The van der Waals surface area contributed by atoms with E-state index in [2.05, 4.69) is 13.2 Å². The van der Waals surface area contributed by atoms with E-state index in [1.807, 2.05) is 57.2 Å². The molecule has 174 valence electrons. The quantitative estimate of drug-likeness (QED) is 0.144. The van der Waals surface area contributed by atoms with E-state index >= 15 is 0 Å². The number of rotatable bonds is 8. The topological polar surface area (TPSA) is 61.8 Å². The normalized spacial score (nSPS) is 9.88. The number of carbonyl (C=O) groups is 2. The van der Waals surface area contributed by atoms with Crippen LogP contribution in [0.1, 0.15) is 40.2 Å². The van der Waals surface area contributed by atoms with Crippen LogP contribution in [0.4, 0.5) is 0 Å². The molecule has 0 aliphatic heterocycles. The number of carbonyl (C=O) groups excluding carboxylic acids is 2. The predicted molar refractivity (Wildman–Crippen MR) is 135 cm³/mol. The minimum absolute atomic E-state index is 0.353. The summed E-state index contributed by atoms with van der Waals surface area (Å²) in [7, 11) is 1.64. The first kappa shape index (κ1) is 27.2. The van der Waals surface area contributed by atoms with Gasteiger partial charge in [-0.25, -0.2) is 4.79 Å². The van der Waals surface area contributed by atoms with Gasteiger partial charge >= 0.3 is 5.97 Å². The van der Waals surface area contributed by atoms with Crippen LogP contribution in [0.25, 0.3) is 17.2 Å². The van der Waals surface area contributed by atoms with Crippen LogP contribution < -0.4 is 14.2 Å². The lowest BCUT2D eigenvalue weighted by molar-refractivity contribution is -0.130. The van der Waals surface area contributed by atoms with E-state index in [4.69, 9.17) is 14.2 Å². The molecule has 0 fully saturated rings. The van der Waals surface area contributed by atoms with Crippen LogP contribution in [0.15, 0.2) is 78.6 Å². The molecule has 0 aliphatic carbocycles. The van der Waals surface area contributed by atoms with E-state index < -0.39 is 5.97 Å². The highest BCUT2D eigenvalue weighted by atomic mass is 16.5. The van der Waals surface area contributed by atoms with Gasteiger partial charge in [0.2, 0.25) is 0 Å². The van der Waals surface area contributed by atoms with Gasteiger partial charge in [0, 0.05) is 16.7 Å². The summed E-state index contributed by atoms with van der Waals surface area (Å²) in [5.41, 5.74) is 4.71. The van der Waals surface area contributed by atoms with Gasteiger partial charge < -0.3 is 14.2 Å². The third-order valence-corrected chi connectivity index (χ3v) is 4.03. The van der Waals surface area contributed by atoms with Crippen LogP contribution in [0.5, 0.6) is 17.2 Å². The Bertz CT molecular complexity index is 1050. The number of methoxy groups -OCH3 is 1. The Morgan fingerprint density at radius 1 is 0.970 bits per heavy atom. The number of esters is 1. The summed E-state index contributed by atoms with van der Waals surface area (Å²) in [6.07, 6.45) is 6.37. The molecule has 0 radical (unpaired) electrons. The Kier molecular flexibility index (Phi) is 11.1. The van der Waals surface area contributed by atoms with E-state index in [9.17, 15) is 9.59 Å². The summed E-state index contributed by atoms with van der Waals surface area (Å²) in [5.74, 6) is 1.47. The lowest BCUT2D eigenvalue weighted by Gasteiger charge is -2.14. The molecule has 0 atom stereocenters. The average molecular weight is 449 g/mol. The molecule has 5 heteroatoms. The zero-order valence-electron chi connectivity index (χ0n) is 20.2. The van der Waals surface area contributed by atoms with Crippen LogP contribution in [-0.2, 0) is 9.59 Å². The Balaban J connectivity index is 0.000000981. The average Bonchev–Trinajstić information content (AvgIpc) is 2.78. The zero-order valence-corrected chi connectivity index (χ0v) is 20.2. The third-order valence-electron chi connectivity index (χ3n) is 4.03. The van der Waals surface area contributed by atoms with E-state index in [0.717, 1.165) is 40.0 Å². The number of hydrogen-bond acceptors (Lipinski definition) is 5. The van der Waals surface area contributed by atoms with E-state index in [-0.39, 0.29) is 0 Å². The monoisotopic (exact) mass is 448 g/mol. The molecule has 2 aromatic rings. The molecule has 2 rings (SSSR count). The maximum Gasteiger partial charge on any atom is 0.338 e. The van der Waals surface area contributed by atoms with Gasteiger partial charge in [0.1, 0.15) is 23.5 Å². The number of benzene rings is 2. The molecule has 0 spiro atoms. The van der Waals surface area contributed by atoms with Crippen LogP contribution in [-0.4, -0.2) is 19.4 Å². The summed E-state index contributed by atoms with van der Waals surface area (Å²) >= 11 is 0. The molecule has 0 unspecified atom stereocenters. The second-order valence-corrected chi connectivity index (χ2v) is 7.56. The fourth-order valence-corrected chi connectivity index (χ4v) is 2.46. The largest absolute Gasteiger partial charge is 0.496 e. The number of ether oxygens (including phenoxy) is 3. The Hall–Kier alpha value is -3.86. The second kappa shape index (κ2) is 13.5. The van der Waals surface area contributed by atoms with Crippen molar-refractivity contribution in [1.29, 1.82) is 0 Å². The molecule has 0 bridgehead atoms. The smallest absolute Gasteiger partial charge is 0.338 e.